The summed E-state index contributed by atoms with van der Waals surface area (Å²) in [7, 11) is 1.77. The second-order valence-electron chi connectivity index (χ2n) is 5.07. The highest BCUT2D eigenvalue weighted by Gasteiger charge is 2.10. The Morgan fingerprint density at radius 1 is 0.909 bits per heavy atom. The molecule has 0 atom stereocenters. The van der Waals surface area contributed by atoms with Gasteiger partial charge < -0.3 is 10.2 Å². The zero-order valence-electron chi connectivity index (χ0n) is 12.7. The summed E-state index contributed by atoms with van der Waals surface area (Å²) in [6.07, 6.45) is 0.716. The van der Waals surface area contributed by atoms with Gasteiger partial charge in [-0.2, -0.15) is 0 Å². The zero-order chi connectivity index (χ0) is 15.8. The van der Waals surface area contributed by atoms with Crippen molar-refractivity contribution < 1.29 is 9.59 Å². The van der Waals surface area contributed by atoms with E-state index < -0.39 is 0 Å². The number of benzene rings is 2. The van der Waals surface area contributed by atoms with Gasteiger partial charge in [0.2, 0.25) is 0 Å². The molecule has 0 bridgehead atoms. The smallest absolute Gasteiger partial charge is 0.253 e. The summed E-state index contributed by atoms with van der Waals surface area (Å²) in [5.41, 5.74) is 1.33. The number of hydrogen-bond acceptors (Lipinski definition) is 2. The van der Waals surface area contributed by atoms with Crippen LogP contribution in [-0.4, -0.2) is 36.9 Å². The fourth-order valence-corrected chi connectivity index (χ4v) is 2.11. The first-order valence-electron chi connectivity index (χ1n) is 7.32. The van der Waals surface area contributed by atoms with Crippen molar-refractivity contribution in [2.24, 2.45) is 0 Å². The number of nitrogens with one attached hydrogen (secondary N) is 1. The third kappa shape index (κ3) is 4.45. The predicted molar refractivity (Wildman–Crippen MR) is 86.8 cm³/mol. The molecule has 0 heterocycles. The van der Waals surface area contributed by atoms with Gasteiger partial charge >= 0.3 is 0 Å². The molecule has 0 aliphatic carbocycles. The number of hydrogen-bond donors (Lipinski definition) is 1. The van der Waals surface area contributed by atoms with Crippen molar-refractivity contribution in [3.63, 3.8) is 0 Å². The lowest BCUT2D eigenvalue weighted by atomic mass is 10.2. The topological polar surface area (TPSA) is 49.4 Å². The molecular formula is C18H20N2O2. The summed E-state index contributed by atoms with van der Waals surface area (Å²) < 4.78 is 0. The van der Waals surface area contributed by atoms with E-state index in [4.69, 9.17) is 0 Å². The first kappa shape index (κ1) is 15.8. The molecule has 114 valence electrons. The molecule has 0 spiro atoms. The van der Waals surface area contributed by atoms with Crippen molar-refractivity contribution in [1.29, 1.82) is 0 Å². The van der Waals surface area contributed by atoms with Crippen LogP contribution in [0.2, 0.25) is 0 Å². The van der Waals surface area contributed by atoms with E-state index in [0.29, 0.717) is 30.6 Å². The molecule has 1 N–H and O–H groups in total. The average molecular weight is 296 g/mol. The highest BCUT2D eigenvalue weighted by atomic mass is 16.2. The Balaban J connectivity index is 1.72. The highest BCUT2D eigenvalue weighted by molar-refractivity contribution is 5.94. The van der Waals surface area contributed by atoms with Crippen LogP contribution >= 0.6 is 0 Å². The van der Waals surface area contributed by atoms with Gasteiger partial charge in [0.1, 0.15) is 0 Å². The van der Waals surface area contributed by atoms with Gasteiger partial charge in [0.05, 0.1) is 0 Å². The number of carbonyl (C=O) groups excluding carboxylic acids is 2. The Kier molecular flexibility index (Phi) is 5.72. The molecular weight excluding hydrogens is 276 g/mol. The Bertz CT molecular complexity index is 611. The van der Waals surface area contributed by atoms with Crippen molar-refractivity contribution in [3.8, 4) is 0 Å². The van der Waals surface area contributed by atoms with E-state index in [1.54, 1.807) is 36.2 Å². The minimum absolute atomic E-state index is 0.00464. The zero-order valence-corrected chi connectivity index (χ0v) is 12.7. The summed E-state index contributed by atoms with van der Waals surface area (Å²) in [5, 5.41) is 2.86. The molecule has 4 heteroatoms. The van der Waals surface area contributed by atoms with Gasteiger partial charge in [-0.25, -0.2) is 0 Å². The summed E-state index contributed by atoms with van der Waals surface area (Å²) in [6.45, 7) is 1.14. The molecule has 0 fully saturated rings. The maximum atomic E-state index is 12.1. The van der Waals surface area contributed by atoms with Crippen molar-refractivity contribution in [1.82, 2.24) is 10.2 Å². The van der Waals surface area contributed by atoms with Crippen molar-refractivity contribution in [2.45, 2.75) is 6.42 Å². The van der Waals surface area contributed by atoms with Gasteiger partial charge in [-0.1, -0.05) is 36.4 Å². The summed E-state index contributed by atoms with van der Waals surface area (Å²) in [4.78, 5) is 25.7. The molecule has 2 rings (SSSR count). The average Bonchev–Trinajstić information content (AvgIpc) is 2.59. The number of nitrogens with zero attached hydrogens (tertiary/aromatic N) is 1. The minimum Gasteiger partial charge on any atom is -0.352 e. The van der Waals surface area contributed by atoms with E-state index >= 15 is 0 Å². The molecule has 0 radical (unpaired) electrons. The molecule has 2 aromatic carbocycles. The lowest BCUT2D eigenvalue weighted by Crippen LogP contribution is -2.31. The molecule has 0 saturated heterocycles. The Morgan fingerprint density at radius 2 is 1.45 bits per heavy atom. The van der Waals surface area contributed by atoms with E-state index in [1.165, 1.54) is 0 Å². The maximum absolute atomic E-state index is 12.1. The van der Waals surface area contributed by atoms with Crippen LogP contribution in [0.5, 0.6) is 0 Å². The quantitative estimate of drug-likeness (QED) is 0.833. The van der Waals surface area contributed by atoms with Gasteiger partial charge in [-0.05, 0) is 30.7 Å². The van der Waals surface area contributed by atoms with Gasteiger partial charge in [-0.15, -0.1) is 0 Å². The Morgan fingerprint density at radius 3 is 2.05 bits per heavy atom. The molecule has 22 heavy (non-hydrogen) atoms. The molecule has 0 aliphatic heterocycles. The Labute approximate surface area is 130 Å². The van der Waals surface area contributed by atoms with Crippen molar-refractivity contribution >= 4 is 11.8 Å². The minimum atomic E-state index is -0.0855. The van der Waals surface area contributed by atoms with Crippen LogP contribution < -0.4 is 5.32 Å². The SMILES string of the molecule is CN(CCCNC(=O)c1ccccc1)C(=O)c1ccccc1. The second kappa shape index (κ2) is 7.98. The molecule has 4 nitrogen and oxygen atoms in total. The molecule has 0 aromatic heterocycles. The lowest BCUT2D eigenvalue weighted by molar-refractivity contribution is 0.0793. The van der Waals surface area contributed by atoms with Gasteiger partial charge in [-0.3, -0.25) is 9.59 Å². The monoisotopic (exact) mass is 296 g/mol. The fourth-order valence-electron chi connectivity index (χ4n) is 2.11. The van der Waals surface area contributed by atoms with Gasteiger partial charge in [0.15, 0.2) is 0 Å². The van der Waals surface area contributed by atoms with Crippen molar-refractivity contribution in [2.75, 3.05) is 20.1 Å². The molecule has 2 amide bonds. The standard InChI is InChI=1S/C18H20N2O2/c1-20(18(22)16-11-6-3-7-12-16)14-8-13-19-17(21)15-9-4-2-5-10-15/h2-7,9-12H,8,13-14H2,1H3,(H,19,21). The fraction of sp³-hybridized carbons (Fsp3) is 0.222. The summed E-state index contributed by atoms with van der Waals surface area (Å²) in [5.74, 6) is -0.0902. The van der Waals surface area contributed by atoms with Crippen LogP contribution in [0, 0.1) is 0 Å². The van der Waals surface area contributed by atoms with E-state index in [1.807, 2.05) is 36.4 Å². The van der Waals surface area contributed by atoms with Crippen LogP contribution in [0.3, 0.4) is 0 Å². The largest absolute Gasteiger partial charge is 0.352 e. The van der Waals surface area contributed by atoms with Gasteiger partial charge in [0.25, 0.3) is 11.8 Å². The van der Waals surface area contributed by atoms with Crippen LogP contribution in [-0.2, 0) is 0 Å². The molecule has 0 saturated carbocycles. The highest BCUT2D eigenvalue weighted by Crippen LogP contribution is 2.03. The van der Waals surface area contributed by atoms with Crippen LogP contribution in [0.15, 0.2) is 60.7 Å². The lowest BCUT2D eigenvalue weighted by Gasteiger charge is -2.17. The van der Waals surface area contributed by atoms with E-state index in [0.717, 1.165) is 0 Å². The summed E-state index contributed by atoms with van der Waals surface area (Å²) >= 11 is 0. The van der Waals surface area contributed by atoms with Crippen LogP contribution in [0.25, 0.3) is 0 Å². The molecule has 2 aromatic rings. The Hall–Kier alpha value is -2.62. The second-order valence-corrected chi connectivity index (χ2v) is 5.07. The van der Waals surface area contributed by atoms with E-state index in [-0.39, 0.29) is 11.8 Å². The van der Waals surface area contributed by atoms with Crippen LogP contribution in [0.1, 0.15) is 27.1 Å². The molecule has 0 unspecified atom stereocenters. The van der Waals surface area contributed by atoms with Crippen molar-refractivity contribution in [3.05, 3.63) is 71.8 Å². The maximum Gasteiger partial charge on any atom is 0.253 e. The normalized spacial score (nSPS) is 10.0. The number of rotatable bonds is 6. The predicted octanol–water partition coefficient (Wildman–Crippen LogP) is 2.58. The van der Waals surface area contributed by atoms with E-state index in [2.05, 4.69) is 5.32 Å². The first-order valence-corrected chi connectivity index (χ1v) is 7.32. The number of amides is 2. The van der Waals surface area contributed by atoms with Crippen LogP contribution in [0.4, 0.5) is 0 Å². The first-order chi connectivity index (χ1) is 10.7. The number of carbonyl (C=O) groups is 2. The van der Waals surface area contributed by atoms with Gasteiger partial charge in [0, 0.05) is 31.3 Å². The van der Waals surface area contributed by atoms with E-state index in [9.17, 15) is 9.59 Å². The summed E-state index contributed by atoms with van der Waals surface area (Å²) in [6, 6.07) is 18.3. The molecule has 0 aliphatic rings. The third-order valence-electron chi connectivity index (χ3n) is 3.36. The third-order valence-corrected chi connectivity index (χ3v) is 3.36.